The Labute approximate surface area is 127 Å². The fourth-order valence-corrected chi connectivity index (χ4v) is 3.36. The lowest BCUT2D eigenvalue weighted by Crippen LogP contribution is -2.37. The Bertz CT molecular complexity index is 473. The topological polar surface area (TPSA) is 55.1 Å². The minimum Gasteiger partial charge on any atom is -0.481 e. The number of carbonyl (C=O) groups is 1. The van der Waals surface area contributed by atoms with Crippen LogP contribution in [0.3, 0.4) is 0 Å². The summed E-state index contributed by atoms with van der Waals surface area (Å²) >= 11 is 0. The first-order chi connectivity index (χ1) is 10.0. The SMILES string of the molecule is CCC1CCC(Cc2ccn(C(C)CC)n2)(C(=O)O)CC1. The highest BCUT2D eigenvalue weighted by Gasteiger charge is 2.42. The summed E-state index contributed by atoms with van der Waals surface area (Å²) in [6.07, 6.45) is 8.40. The lowest BCUT2D eigenvalue weighted by Gasteiger charge is -2.36. The first-order valence-electron chi connectivity index (χ1n) is 8.28. The van der Waals surface area contributed by atoms with Crippen LogP contribution < -0.4 is 0 Å². The quantitative estimate of drug-likeness (QED) is 0.860. The first-order valence-corrected chi connectivity index (χ1v) is 8.28. The number of carboxylic acid groups (broad SMARTS) is 1. The smallest absolute Gasteiger partial charge is 0.310 e. The van der Waals surface area contributed by atoms with E-state index in [0.717, 1.165) is 37.8 Å². The van der Waals surface area contributed by atoms with E-state index in [9.17, 15) is 9.90 Å². The van der Waals surface area contributed by atoms with Gasteiger partial charge in [-0.1, -0.05) is 20.3 Å². The number of aromatic nitrogens is 2. The molecule has 1 heterocycles. The fourth-order valence-electron chi connectivity index (χ4n) is 3.36. The van der Waals surface area contributed by atoms with Crippen LogP contribution in [0, 0.1) is 11.3 Å². The highest BCUT2D eigenvalue weighted by Crippen LogP contribution is 2.42. The summed E-state index contributed by atoms with van der Waals surface area (Å²) in [5.74, 6) is 0.0605. The van der Waals surface area contributed by atoms with Crippen molar-refractivity contribution < 1.29 is 9.90 Å². The molecule has 0 radical (unpaired) electrons. The second-order valence-electron chi connectivity index (χ2n) is 6.66. The highest BCUT2D eigenvalue weighted by molar-refractivity contribution is 5.75. The van der Waals surface area contributed by atoms with Gasteiger partial charge in [0.2, 0.25) is 0 Å². The van der Waals surface area contributed by atoms with E-state index in [4.69, 9.17) is 0 Å². The van der Waals surface area contributed by atoms with E-state index in [2.05, 4.69) is 25.9 Å². The summed E-state index contributed by atoms with van der Waals surface area (Å²) in [4.78, 5) is 11.8. The zero-order valence-electron chi connectivity index (χ0n) is 13.5. The molecule has 1 N–H and O–H groups in total. The van der Waals surface area contributed by atoms with Gasteiger partial charge >= 0.3 is 5.97 Å². The van der Waals surface area contributed by atoms with Crippen molar-refractivity contribution in [3.05, 3.63) is 18.0 Å². The van der Waals surface area contributed by atoms with Crippen molar-refractivity contribution in [3.63, 3.8) is 0 Å². The van der Waals surface area contributed by atoms with Gasteiger partial charge in [0.05, 0.1) is 11.1 Å². The fraction of sp³-hybridized carbons (Fsp3) is 0.765. The van der Waals surface area contributed by atoms with E-state index in [0.29, 0.717) is 18.4 Å². The van der Waals surface area contributed by atoms with Crippen LogP contribution in [0.2, 0.25) is 0 Å². The second kappa shape index (κ2) is 6.63. The average molecular weight is 292 g/mol. The zero-order valence-corrected chi connectivity index (χ0v) is 13.5. The minimum atomic E-state index is -0.643. The van der Waals surface area contributed by atoms with E-state index in [1.165, 1.54) is 6.42 Å². The number of nitrogens with zero attached hydrogens (tertiary/aromatic N) is 2. The maximum absolute atomic E-state index is 11.8. The Kier molecular flexibility index (Phi) is 5.07. The summed E-state index contributed by atoms with van der Waals surface area (Å²) in [5, 5.41) is 14.3. The Morgan fingerprint density at radius 3 is 2.67 bits per heavy atom. The van der Waals surface area contributed by atoms with Crippen LogP contribution in [-0.2, 0) is 11.2 Å². The molecule has 0 saturated heterocycles. The zero-order chi connectivity index (χ0) is 15.5. The molecule has 1 aromatic heterocycles. The van der Waals surface area contributed by atoms with Gasteiger partial charge < -0.3 is 5.11 Å². The Hall–Kier alpha value is -1.32. The molecule has 4 nitrogen and oxygen atoms in total. The second-order valence-corrected chi connectivity index (χ2v) is 6.66. The van der Waals surface area contributed by atoms with Gasteiger partial charge in [-0.25, -0.2) is 0 Å². The van der Waals surface area contributed by atoms with Crippen LogP contribution in [0.1, 0.15) is 71.0 Å². The lowest BCUT2D eigenvalue weighted by molar-refractivity contribution is -0.151. The lowest BCUT2D eigenvalue weighted by atomic mass is 9.67. The van der Waals surface area contributed by atoms with E-state index >= 15 is 0 Å². The van der Waals surface area contributed by atoms with E-state index in [-0.39, 0.29) is 0 Å². The van der Waals surface area contributed by atoms with Gasteiger partial charge in [-0.2, -0.15) is 5.10 Å². The molecule has 0 aromatic carbocycles. The van der Waals surface area contributed by atoms with E-state index in [1.54, 1.807) is 0 Å². The van der Waals surface area contributed by atoms with Crippen LogP contribution in [-0.4, -0.2) is 20.9 Å². The van der Waals surface area contributed by atoms with Gasteiger partial charge in [0.25, 0.3) is 0 Å². The summed E-state index contributed by atoms with van der Waals surface area (Å²) in [5.41, 5.74) is 0.327. The molecule has 0 bridgehead atoms. The van der Waals surface area contributed by atoms with Gasteiger partial charge in [0.1, 0.15) is 0 Å². The molecule has 1 aliphatic carbocycles. The van der Waals surface area contributed by atoms with Crippen LogP contribution in [0.25, 0.3) is 0 Å². The third kappa shape index (κ3) is 3.47. The standard InChI is InChI=1S/C17H28N2O2/c1-4-13(3)19-11-8-15(18-19)12-17(16(20)21)9-6-14(5-2)7-10-17/h8,11,13-14H,4-7,9-10,12H2,1-3H3,(H,20,21). The maximum atomic E-state index is 11.8. The molecule has 2 rings (SSSR count). The maximum Gasteiger partial charge on any atom is 0.310 e. The molecule has 0 aliphatic heterocycles. The van der Waals surface area contributed by atoms with Crippen molar-refractivity contribution in [2.45, 2.75) is 71.8 Å². The highest BCUT2D eigenvalue weighted by atomic mass is 16.4. The Morgan fingerprint density at radius 2 is 2.14 bits per heavy atom. The van der Waals surface area contributed by atoms with Gasteiger partial charge in [-0.3, -0.25) is 9.48 Å². The van der Waals surface area contributed by atoms with Gasteiger partial charge in [0, 0.05) is 18.7 Å². The Balaban J connectivity index is 2.10. The number of hydrogen-bond donors (Lipinski definition) is 1. The van der Waals surface area contributed by atoms with Crippen LogP contribution in [0.4, 0.5) is 0 Å². The van der Waals surface area contributed by atoms with E-state index < -0.39 is 11.4 Å². The molecule has 118 valence electrons. The van der Waals surface area contributed by atoms with Crippen molar-refractivity contribution in [1.29, 1.82) is 0 Å². The van der Waals surface area contributed by atoms with Crippen LogP contribution in [0.5, 0.6) is 0 Å². The molecular formula is C17H28N2O2. The van der Waals surface area contributed by atoms with Crippen molar-refractivity contribution in [1.82, 2.24) is 9.78 Å². The number of aliphatic carboxylic acids is 1. The molecule has 1 saturated carbocycles. The molecule has 1 aliphatic rings. The van der Waals surface area contributed by atoms with Gasteiger partial charge in [0.15, 0.2) is 0 Å². The van der Waals surface area contributed by atoms with Crippen LogP contribution >= 0.6 is 0 Å². The molecule has 1 unspecified atom stereocenters. The Morgan fingerprint density at radius 1 is 1.48 bits per heavy atom. The van der Waals surface area contributed by atoms with Crippen LogP contribution in [0.15, 0.2) is 12.3 Å². The normalized spacial score (nSPS) is 27.5. The largest absolute Gasteiger partial charge is 0.481 e. The molecule has 0 spiro atoms. The van der Waals surface area contributed by atoms with E-state index in [1.807, 2.05) is 16.9 Å². The molecule has 4 heteroatoms. The number of carboxylic acids is 1. The number of rotatable bonds is 6. The predicted molar refractivity (Wildman–Crippen MR) is 83.3 cm³/mol. The molecule has 21 heavy (non-hydrogen) atoms. The summed E-state index contributed by atoms with van der Waals surface area (Å²) in [7, 11) is 0. The molecule has 1 fully saturated rings. The summed E-state index contributed by atoms with van der Waals surface area (Å²) in [6, 6.07) is 2.36. The third-order valence-corrected chi connectivity index (χ3v) is 5.32. The minimum absolute atomic E-state index is 0.371. The molecule has 0 amide bonds. The predicted octanol–water partition coefficient (Wildman–Crippen LogP) is 4.07. The molecular weight excluding hydrogens is 264 g/mol. The van der Waals surface area contributed by atoms with Crippen molar-refractivity contribution in [2.75, 3.05) is 0 Å². The summed E-state index contributed by atoms with van der Waals surface area (Å²) in [6.45, 7) is 6.47. The third-order valence-electron chi connectivity index (χ3n) is 5.32. The number of hydrogen-bond acceptors (Lipinski definition) is 2. The summed E-state index contributed by atoms with van der Waals surface area (Å²) < 4.78 is 1.96. The van der Waals surface area contributed by atoms with Gasteiger partial charge in [-0.05, 0) is 51.0 Å². The molecule has 1 atom stereocenters. The van der Waals surface area contributed by atoms with Gasteiger partial charge in [-0.15, -0.1) is 0 Å². The van der Waals surface area contributed by atoms with Crippen molar-refractivity contribution in [3.8, 4) is 0 Å². The molecule has 1 aromatic rings. The average Bonchev–Trinajstić information content (AvgIpc) is 2.95. The monoisotopic (exact) mass is 292 g/mol. The first kappa shape index (κ1) is 16.1. The van der Waals surface area contributed by atoms with Crippen molar-refractivity contribution in [2.24, 2.45) is 11.3 Å². The van der Waals surface area contributed by atoms with Crippen molar-refractivity contribution >= 4 is 5.97 Å².